The Morgan fingerprint density at radius 2 is 1.65 bits per heavy atom. The normalized spacial score (nSPS) is 26.1. The Hall–Kier alpha value is 0.500. The van der Waals surface area contributed by atoms with Gasteiger partial charge >= 0.3 is 0 Å². The van der Waals surface area contributed by atoms with Crippen molar-refractivity contribution >= 4 is 58.7 Å². The van der Waals surface area contributed by atoms with Gasteiger partial charge in [0.2, 0.25) is 16.0 Å². The Morgan fingerprint density at radius 3 is 1.88 bits per heavy atom. The van der Waals surface area contributed by atoms with E-state index in [0.717, 1.165) is 0 Å². The number of hydrogen-bond acceptors (Lipinski definition) is 7. The van der Waals surface area contributed by atoms with Crippen molar-refractivity contribution in [3.05, 3.63) is 0 Å². The molecule has 98 valence electrons. The molecule has 0 saturated carbocycles. The topological polar surface area (TPSA) is 69.4 Å². The largest absolute Gasteiger partial charge is 0.369 e. The second kappa shape index (κ2) is 5.64. The number of thioether (sulfide) groups is 4. The molecule has 0 spiro atoms. The summed E-state index contributed by atoms with van der Waals surface area (Å²) in [5.41, 5.74) is 5.36. The van der Waals surface area contributed by atoms with E-state index in [2.05, 4.69) is 0 Å². The molecule has 17 heavy (non-hydrogen) atoms. The summed E-state index contributed by atoms with van der Waals surface area (Å²) in [6.45, 7) is 0. The number of hydrogen-bond donors (Lipinski definition) is 1. The first kappa shape index (κ1) is 15.6. The average molecular weight is 313 g/mol. The second-order valence-electron chi connectivity index (χ2n) is 3.28. The van der Waals surface area contributed by atoms with Gasteiger partial charge in [-0.25, -0.2) is 0 Å². The summed E-state index contributed by atoms with van der Waals surface area (Å²) in [4.78, 5) is 23.9. The Morgan fingerprint density at radius 1 is 1.18 bits per heavy atom. The zero-order valence-electron chi connectivity index (χ0n) is 10.0. The number of carbonyl (C=O) groups is 2. The summed E-state index contributed by atoms with van der Waals surface area (Å²) < 4.78 is 3.99. The van der Waals surface area contributed by atoms with Gasteiger partial charge in [-0.3, -0.25) is 9.59 Å². The lowest BCUT2D eigenvalue weighted by Crippen LogP contribution is -2.40. The third kappa shape index (κ3) is 2.34. The monoisotopic (exact) mass is 313 g/mol. The Bertz CT molecular complexity index is 328. The quantitative estimate of drug-likeness (QED) is 0.608. The average Bonchev–Trinajstić information content (AvgIpc) is 2.59. The van der Waals surface area contributed by atoms with Crippen molar-refractivity contribution in [2.24, 2.45) is 11.7 Å². The fraction of sp³-hybridized carbons (Fsp3) is 0.778. The lowest BCUT2D eigenvalue weighted by Gasteiger charge is -2.30. The van der Waals surface area contributed by atoms with E-state index in [-0.39, 0.29) is 5.78 Å². The number of amides is 1. The molecule has 1 amide bonds. The maximum atomic E-state index is 12.4. The molecule has 1 unspecified atom stereocenters. The minimum absolute atomic E-state index is 0.242. The standard InChI is InChI=1S/C9H15NO3S4/c1-14-8(15-2)5(7(10)12)6(11)9(13-8,16-3)17-4/h5H,1-4H3,(H2,10,12). The van der Waals surface area contributed by atoms with Gasteiger partial charge in [-0.1, -0.05) is 0 Å². The number of Topliss-reactive ketones (excluding diaryl/α,β-unsaturated/α-hetero) is 1. The summed E-state index contributed by atoms with van der Waals surface area (Å²) in [6.07, 6.45) is 7.22. The number of ether oxygens (including phenoxy) is 1. The number of rotatable bonds is 5. The van der Waals surface area contributed by atoms with E-state index in [4.69, 9.17) is 10.5 Å². The molecule has 4 nitrogen and oxygen atoms in total. The zero-order chi connectivity index (χ0) is 13.3. The third-order valence-corrected chi connectivity index (χ3v) is 8.01. The molecule has 1 rings (SSSR count). The van der Waals surface area contributed by atoms with Crippen LogP contribution in [0.15, 0.2) is 0 Å². The predicted octanol–water partition coefficient (Wildman–Crippen LogP) is 1.45. The molecule has 1 fully saturated rings. The molecule has 1 aliphatic rings. The molecule has 8 heteroatoms. The summed E-state index contributed by atoms with van der Waals surface area (Å²) in [5, 5.41) is 0. The first-order valence-electron chi connectivity index (χ1n) is 4.67. The van der Waals surface area contributed by atoms with Crippen LogP contribution < -0.4 is 5.73 Å². The summed E-state index contributed by atoms with van der Waals surface area (Å²) in [5.74, 6) is -1.77. The van der Waals surface area contributed by atoms with Crippen molar-refractivity contribution in [2.45, 2.75) is 8.53 Å². The molecular formula is C9H15NO3S4. The van der Waals surface area contributed by atoms with E-state index in [1.807, 2.05) is 12.5 Å². The highest BCUT2D eigenvalue weighted by Crippen LogP contribution is 2.57. The highest BCUT2D eigenvalue weighted by Gasteiger charge is 2.64. The molecule has 2 N–H and O–H groups in total. The fourth-order valence-electron chi connectivity index (χ4n) is 1.71. The molecule has 0 aromatic rings. The van der Waals surface area contributed by atoms with Crippen molar-refractivity contribution in [1.82, 2.24) is 0 Å². The van der Waals surface area contributed by atoms with Gasteiger partial charge in [-0.2, -0.15) is 0 Å². The van der Waals surface area contributed by atoms with Crippen LogP contribution in [-0.2, 0) is 14.3 Å². The predicted molar refractivity (Wildman–Crippen MR) is 78.3 cm³/mol. The highest BCUT2D eigenvalue weighted by molar-refractivity contribution is 8.19. The number of carbonyl (C=O) groups excluding carboxylic acids is 2. The van der Waals surface area contributed by atoms with Gasteiger partial charge in [-0.05, 0) is 25.0 Å². The lowest BCUT2D eigenvalue weighted by atomic mass is 10.1. The highest BCUT2D eigenvalue weighted by atomic mass is 32.2. The smallest absolute Gasteiger partial charge is 0.233 e. The van der Waals surface area contributed by atoms with Gasteiger partial charge in [0.15, 0.2) is 4.27 Å². The van der Waals surface area contributed by atoms with Crippen molar-refractivity contribution < 1.29 is 14.3 Å². The molecule has 0 radical (unpaired) electrons. The van der Waals surface area contributed by atoms with Gasteiger partial charge in [0.25, 0.3) is 0 Å². The number of nitrogens with two attached hydrogens (primary N) is 1. The molecule has 0 aromatic carbocycles. The van der Waals surface area contributed by atoms with Crippen molar-refractivity contribution in [1.29, 1.82) is 0 Å². The molecule has 0 aromatic heterocycles. The third-order valence-electron chi connectivity index (χ3n) is 2.59. The molecule has 1 heterocycles. The van der Waals surface area contributed by atoms with Crippen LogP contribution >= 0.6 is 47.0 Å². The molecule has 1 aliphatic heterocycles. The number of ketones is 1. The van der Waals surface area contributed by atoms with E-state index >= 15 is 0 Å². The maximum absolute atomic E-state index is 12.4. The van der Waals surface area contributed by atoms with Crippen LogP contribution in [0, 0.1) is 5.92 Å². The van der Waals surface area contributed by atoms with E-state index in [1.54, 1.807) is 12.5 Å². The molecular weight excluding hydrogens is 298 g/mol. The lowest BCUT2D eigenvalue weighted by molar-refractivity contribution is -0.130. The first-order valence-corrected chi connectivity index (χ1v) is 9.57. The van der Waals surface area contributed by atoms with Crippen molar-refractivity contribution in [2.75, 3.05) is 25.0 Å². The van der Waals surface area contributed by atoms with E-state index in [0.29, 0.717) is 0 Å². The van der Waals surface area contributed by atoms with Gasteiger partial charge < -0.3 is 10.5 Å². The first-order chi connectivity index (χ1) is 7.93. The van der Waals surface area contributed by atoms with Gasteiger partial charge in [0, 0.05) is 0 Å². The van der Waals surface area contributed by atoms with Gasteiger partial charge in [0.1, 0.15) is 5.92 Å². The molecule has 0 aliphatic carbocycles. The second-order valence-corrected chi connectivity index (χ2v) is 7.79. The van der Waals surface area contributed by atoms with Crippen LogP contribution in [0.2, 0.25) is 0 Å². The van der Waals surface area contributed by atoms with Crippen LogP contribution in [0.3, 0.4) is 0 Å². The Balaban J connectivity index is 3.26. The maximum Gasteiger partial charge on any atom is 0.233 e. The number of primary amides is 1. The van der Waals surface area contributed by atoms with Crippen LogP contribution in [0.4, 0.5) is 0 Å². The van der Waals surface area contributed by atoms with Crippen molar-refractivity contribution in [3.8, 4) is 0 Å². The Kier molecular flexibility index (Phi) is 5.17. The van der Waals surface area contributed by atoms with E-state index in [9.17, 15) is 9.59 Å². The minimum atomic E-state index is -1.02. The van der Waals surface area contributed by atoms with Crippen LogP contribution in [0.5, 0.6) is 0 Å². The van der Waals surface area contributed by atoms with Gasteiger partial charge in [-0.15, -0.1) is 47.0 Å². The summed E-state index contributed by atoms with van der Waals surface area (Å²) >= 11 is 5.29. The van der Waals surface area contributed by atoms with Crippen LogP contribution in [-0.4, -0.2) is 45.2 Å². The molecule has 1 atom stereocenters. The Labute approximate surface area is 118 Å². The summed E-state index contributed by atoms with van der Waals surface area (Å²) in [6, 6.07) is 0. The fourth-order valence-corrected chi connectivity index (χ4v) is 5.65. The minimum Gasteiger partial charge on any atom is -0.369 e. The van der Waals surface area contributed by atoms with E-state index < -0.39 is 20.4 Å². The van der Waals surface area contributed by atoms with Crippen LogP contribution in [0.1, 0.15) is 0 Å². The summed E-state index contributed by atoms with van der Waals surface area (Å²) in [7, 11) is 0. The van der Waals surface area contributed by atoms with Gasteiger partial charge in [0.05, 0.1) is 0 Å². The molecule has 1 saturated heterocycles. The van der Waals surface area contributed by atoms with E-state index in [1.165, 1.54) is 47.0 Å². The van der Waals surface area contributed by atoms with Crippen LogP contribution in [0.25, 0.3) is 0 Å². The molecule has 0 bridgehead atoms. The zero-order valence-corrected chi connectivity index (χ0v) is 13.3. The van der Waals surface area contributed by atoms with Crippen molar-refractivity contribution in [3.63, 3.8) is 0 Å². The SMILES string of the molecule is CSC1(SC)OC(SC)(SC)C(C(N)=O)C1=O.